The topological polar surface area (TPSA) is 36.7 Å². The molecule has 0 aliphatic heterocycles. The molecule has 0 aliphatic rings. The summed E-state index contributed by atoms with van der Waals surface area (Å²) in [4.78, 5) is 5.21. The van der Waals surface area contributed by atoms with E-state index in [2.05, 4.69) is 24.6 Å². The highest BCUT2D eigenvalue weighted by atomic mass is 35.5. The molecule has 0 N–H and O–H groups in total. The number of aryl methyl sites for hydroxylation is 2. The van der Waals surface area contributed by atoms with E-state index in [1.165, 1.54) is 5.56 Å². The lowest BCUT2D eigenvalue weighted by Crippen LogP contribution is -1.92. The zero-order valence-corrected chi connectivity index (χ0v) is 14.5. The van der Waals surface area contributed by atoms with Gasteiger partial charge in [0.2, 0.25) is 0 Å². The van der Waals surface area contributed by atoms with E-state index in [0.29, 0.717) is 5.69 Å². The van der Waals surface area contributed by atoms with Crippen molar-refractivity contribution in [1.82, 2.24) is 4.98 Å². The first-order chi connectivity index (χ1) is 11.1. The fraction of sp³-hybridized carbons (Fsp3) is 0.158. The van der Waals surface area contributed by atoms with Crippen LogP contribution in [0.3, 0.4) is 0 Å². The van der Waals surface area contributed by atoms with Crippen LogP contribution in [0, 0.1) is 18.3 Å². The Balaban J connectivity index is 2.05. The van der Waals surface area contributed by atoms with Crippen LogP contribution >= 0.6 is 23.4 Å². The van der Waals surface area contributed by atoms with Crippen LogP contribution in [-0.2, 0) is 6.42 Å². The van der Waals surface area contributed by atoms with E-state index in [4.69, 9.17) is 16.9 Å². The van der Waals surface area contributed by atoms with Gasteiger partial charge in [-0.15, -0.1) is 11.8 Å². The summed E-state index contributed by atoms with van der Waals surface area (Å²) in [6.45, 7) is 5.84. The predicted molar refractivity (Wildman–Crippen MR) is 99.5 cm³/mol. The number of rotatable bonds is 6. The molecule has 1 aromatic carbocycles. The summed E-state index contributed by atoms with van der Waals surface area (Å²) in [5.41, 5.74) is 3.79. The summed E-state index contributed by atoms with van der Waals surface area (Å²) >= 11 is 7.97. The molecule has 1 aromatic heterocycles. The van der Waals surface area contributed by atoms with E-state index in [0.717, 1.165) is 33.2 Å². The molecule has 2 rings (SSSR count). The van der Waals surface area contributed by atoms with Crippen LogP contribution in [0.15, 0.2) is 55.3 Å². The molecule has 4 heteroatoms. The van der Waals surface area contributed by atoms with Gasteiger partial charge in [0.1, 0.15) is 11.8 Å². The second-order valence-corrected chi connectivity index (χ2v) is 6.55. The van der Waals surface area contributed by atoms with Crippen molar-refractivity contribution in [2.75, 3.05) is 5.75 Å². The summed E-state index contributed by atoms with van der Waals surface area (Å²) in [6.07, 6.45) is 6.34. The normalized spacial score (nSPS) is 11.1. The number of pyridine rings is 1. The average molecular weight is 341 g/mol. The van der Waals surface area contributed by atoms with Crippen molar-refractivity contribution in [3.8, 4) is 6.07 Å². The molecule has 0 radical (unpaired) electrons. The first-order valence-corrected chi connectivity index (χ1v) is 8.57. The summed E-state index contributed by atoms with van der Waals surface area (Å²) in [5.74, 6) is 0.906. The van der Waals surface area contributed by atoms with Crippen molar-refractivity contribution in [1.29, 1.82) is 5.26 Å². The van der Waals surface area contributed by atoms with Crippen LogP contribution in [0.4, 0.5) is 0 Å². The molecular formula is C19H17ClN2S. The van der Waals surface area contributed by atoms with E-state index in [1.807, 2.05) is 30.3 Å². The highest BCUT2D eigenvalue weighted by Crippen LogP contribution is 2.29. The zero-order chi connectivity index (χ0) is 16.7. The maximum absolute atomic E-state index is 8.83. The predicted octanol–water partition coefficient (Wildman–Crippen LogP) is 5.42. The molecule has 0 unspecified atom stereocenters. The molecule has 2 nitrogen and oxygen atoms in total. The SMILES string of the molecule is C=C/C=C(\SCCc1cc(C)ccc1Cl)c1ccc(C#N)nc1. The van der Waals surface area contributed by atoms with Gasteiger partial charge in [-0.25, -0.2) is 4.98 Å². The lowest BCUT2D eigenvalue weighted by atomic mass is 10.1. The van der Waals surface area contributed by atoms with E-state index < -0.39 is 0 Å². The summed E-state index contributed by atoms with van der Waals surface area (Å²) in [6, 6.07) is 11.8. The summed E-state index contributed by atoms with van der Waals surface area (Å²) in [7, 11) is 0. The van der Waals surface area contributed by atoms with Crippen LogP contribution in [0.5, 0.6) is 0 Å². The lowest BCUT2D eigenvalue weighted by Gasteiger charge is -2.09. The second-order valence-electron chi connectivity index (χ2n) is 5.00. The molecule has 23 heavy (non-hydrogen) atoms. The minimum atomic E-state index is 0.420. The van der Waals surface area contributed by atoms with Gasteiger partial charge in [0, 0.05) is 27.4 Å². The number of aromatic nitrogens is 1. The summed E-state index contributed by atoms with van der Waals surface area (Å²) in [5, 5.41) is 9.64. The number of thioether (sulfide) groups is 1. The molecule has 1 heterocycles. The Morgan fingerprint density at radius 2 is 2.22 bits per heavy atom. The van der Waals surface area contributed by atoms with Gasteiger partial charge in [0.25, 0.3) is 0 Å². The number of hydrogen-bond donors (Lipinski definition) is 0. The van der Waals surface area contributed by atoms with Crippen molar-refractivity contribution < 1.29 is 0 Å². The maximum atomic E-state index is 8.83. The lowest BCUT2D eigenvalue weighted by molar-refractivity contribution is 1.15. The molecular weight excluding hydrogens is 324 g/mol. The number of nitrogens with zero attached hydrogens (tertiary/aromatic N) is 2. The van der Waals surface area contributed by atoms with Gasteiger partial charge < -0.3 is 0 Å². The van der Waals surface area contributed by atoms with Gasteiger partial charge in [-0.1, -0.05) is 42.0 Å². The fourth-order valence-corrected chi connectivity index (χ4v) is 3.34. The number of benzene rings is 1. The highest BCUT2D eigenvalue weighted by molar-refractivity contribution is 8.08. The van der Waals surface area contributed by atoms with Gasteiger partial charge in [-0.2, -0.15) is 5.26 Å². The third-order valence-electron chi connectivity index (χ3n) is 3.26. The van der Waals surface area contributed by atoms with Crippen LogP contribution in [0.25, 0.3) is 4.91 Å². The number of nitriles is 1. The summed E-state index contributed by atoms with van der Waals surface area (Å²) < 4.78 is 0. The van der Waals surface area contributed by atoms with Crippen LogP contribution in [0.2, 0.25) is 5.02 Å². The van der Waals surface area contributed by atoms with E-state index in [1.54, 1.807) is 30.1 Å². The highest BCUT2D eigenvalue weighted by Gasteiger charge is 2.05. The maximum Gasteiger partial charge on any atom is 0.140 e. The Kier molecular flexibility index (Phi) is 6.46. The first-order valence-electron chi connectivity index (χ1n) is 7.21. The van der Waals surface area contributed by atoms with Crippen molar-refractivity contribution in [3.63, 3.8) is 0 Å². The number of allylic oxidation sites excluding steroid dienone is 2. The Bertz CT molecular complexity index is 758. The van der Waals surface area contributed by atoms with Crippen molar-refractivity contribution >= 4 is 28.3 Å². The monoisotopic (exact) mass is 340 g/mol. The van der Waals surface area contributed by atoms with Crippen LogP contribution in [0.1, 0.15) is 22.4 Å². The number of halogens is 1. The Morgan fingerprint density at radius 1 is 1.39 bits per heavy atom. The van der Waals surface area contributed by atoms with Crippen LogP contribution in [-0.4, -0.2) is 10.7 Å². The van der Waals surface area contributed by atoms with Gasteiger partial charge in [-0.3, -0.25) is 0 Å². The third-order valence-corrected chi connectivity index (χ3v) is 4.72. The molecule has 0 spiro atoms. The molecule has 0 saturated carbocycles. The van der Waals surface area contributed by atoms with Crippen molar-refractivity contribution in [2.45, 2.75) is 13.3 Å². The average Bonchev–Trinajstić information content (AvgIpc) is 2.57. The molecule has 0 atom stereocenters. The van der Waals surface area contributed by atoms with E-state index in [-0.39, 0.29) is 0 Å². The first kappa shape index (κ1) is 17.3. The zero-order valence-electron chi connectivity index (χ0n) is 12.9. The Morgan fingerprint density at radius 3 is 2.87 bits per heavy atom. The van der Waals surface area contributed by atoms with E-state index in [9.17, 15) is 0 Å². The molecule has 2 aromatic rings. The molecule has 0 aliphatic carbocycles. The number of hydrogen-bond acceptors (Lipinski definition) is 3. The third kappa shape index (κ3) is 4.99. The molecule has 0 fully saturated rings. The standard InChI is InChI=1S/C19H17ClN2S/c1-3-4-19(16-6-7-17(12-21)22-13-16)23-10-9-15-11-14(2)5-8-18(15)20/h3-8,11,13H,1,9-10H2,2H3/b19-4-. The van der Waals surface area contributed by atoms with Gasteiger partial charge in [0.15, 0.2) is 0 Å². The molecule has 116 valence electrons. The molecule has 0 saturated heterocycles. The van der Waals surface area contributed by atoms with Crippen molar-refractivity contribution in [2.24, 2.45) is 0 Å². The second kappa shape index (κ2) is 8.57. The van der Waals surface area contributed by atoms with Gasteiger partial charge >= 0.3 is 0 Å². The smallest absolute Gasteiger partial charge is 0.140 e. The molecule has 0 bridgehead atoms. The largest absolute Gasteiger partial charge is 0.245 e. The fourth-order valence-electron chi connectivity index (χ4n) is 2.11. The van der Waals surface area contributed by atoms with E-state index >= 15 is 0 Å². The van der Waals surface area contributed by atoms with Gasteiger partial charge in [0.05, 0.1) is 0 Å². The molecule has 0 amide bonds. The Hall–Kier alpha value is -2.02. The Labute approximate surface area is 146 Å². The quantitative estimate of drug-likeness (QED) is 0.659. The van der Waals surface area contributed by atoms with Crippen molar-refractivity contribution in [3.05, 3.63) is 82.7 Å². The van der Waals surface area contributed by atoms with Gasteiger partial charge in [-0.05, 0) is 43.2 Å². The van der Waals surface area contributed by atoms with Crippen LogP contribution < -0.4 is 0 Å². The minimum absolute atomic E-state index is 0.420. The minimum Gasteiger partial charge on any atom is -0.245 e.